The number of aliphatic hydroxyl groups is 1. The molecule has 1 amide bonds. The summed E-state index contributed by atoms with van der Waals surface area (Å²) in [5.41, 5.74) is 1.24. The number of hydrogen-bond acceptors (Lipinski definition) is 4. The minimum atomic E-state index is -0.693. The summed E-state index contributed by atoms with van der Waals surface area (Å²) in [7, 11) is 0. The van der Waals surface area contributed by atoms with Crippen LogP contribution in [0.15, 0.2) is 60.2 Å². The topological polar surface area (TPSA) is 66.8 Å². The standard InChI is InChI=1S/C23H24ClNO4/c1-15(2)29-13-7-12-25-20(16-8-4-3-5-9-16)19(22(27)23(25)28)21(26)17-10-6-11-18(24)14-17/h3-6,8-11,14-15,20,26H,7,12-13H2,1-2H3/b21-19-. The maximum Gasteiger partial charge on any atom is 0.295 e. The zero-order valence-corrected chi connectivity index (χ0v) is 17.2. The number of carbonyl (C=O) groups excluding carboxylic acids is 2. The van der Waals surface area contributed by atoms with Crippen molar-refractivity contribution in [1.29, 1.82) is 0 Å². The number of amides is 1. The maximum absolute atomic E-state index is 12.9. The van der Waals surface area contributed by atoms with Crippen molar-refractivity contribution in [3.8, 4) is 0 Å². The van der Waals surface area contributed by atoms with Crippen LogP contribution in [0.4, 0.5) is 0 Å². The summed E-state index contributed by atoms with van der Waals surface area (Å²) in [6.07, 6.45) is 0.685. The Balaban J connectivity index is 2.01. The number of ketones is 1. The summed E-state index contributed by atoms with van der Waals surface area (Å²) in [5.74, 6) is -1.53. The van der Waals surface area contributed by atoms with Gasteiger partial charge in [0.2, 0.25) is 0 Å². The average Bonchev–Trinajstić information content (AvgIpc) is 2.96. The predicted octanol–water partition coefficient (Wildman–Crippen LogP) is 4.58. The molecule has 0 aliphatic carbocycles. The lowest BCUT2D eigenvalue weighted by Crippen LogP contribution is -2.31. The van der Waals surface area contributed by atoms with Gasteiger partial charge in [0.25, 0.3) is 11.7 Å². The number of carbonyl (C=O) groups is 2. The van der Waals surface area contributed by atoms with E-state index in [4.69, 9.17) is 16.3 Å². The molecule has 1 aliphatic rings. The highest BCUT2D eigenvalue weighted by Crippen LogP contribution is 2.39. The molecule has 2 aromatic carbocycles. The van der Waals surface area contributed by atoms with E-state index in [1.807, 2.05) is 44.2 Å². The van der Waals surface area contributed by atoms with Crippen LogP contribution in [0.1, 0.15) is 37.4 Å². The normalized spacial score (nSPS) is 18.6. The molecule has 0 aromatic heterocycles. The third kappa shape index (κ3) is 4.69. The van der Waals surface area contributed by atoms with Crippen molar-refractivity contribution >= 4 is 29.1 Å². The molecule has 6 heteroatoms. The third-order valence-corrected chi connectivity index (χ3v) is 4.98. The van der Waals surface area contributed by atoms with Gasteiger partial charge in [0.1, 0.15) is 5.76 Å². The van der Waals surface area contributed by atoms with Gasteiger partial charge in [0.15, 0.2) is 0 Å². The van der Waals surface area contributed by atoms with Crippen molar-refractivity contribution < 1.29 is 19.4 Å². The SMILES string of the molecule is CC(C)OCCCN1C(=O)C(=O)/C(=C(\O)c2cccc(Cl)c2)C1c1ccccc1. The van der Waals surface area contributed by atoms with E-state index in [0.717, 1.165) is 5.56 Å². The monoisotopic (exact) mass is 413 g/mol. The number of aliphatic hydroxyl groups excluding tert-OH is 1. The molecular formula is C23H24ClNO4. The quantitative estimate of drug-likeness (QED) is 0.312. The third-order valence-electron chi connectivity index (χ3n) is 4.75. The molecule has 1 heterocycles. The first-order chi connectivity index (χ1) is 13.9. The highest BCUT2D eigenvalue weighted by molar-refractivity contribution is 6.46. The Hall–Kier alpha value is -2.63. The molecule has 1 N–H and O–H groups in total. The second kappa shape index (κ2) is 9.25. The Kier molecular flexibility index (Phi) is 6.72. The van der Waals surface area contributed by atoms with Gasteiger partial charge >= 0.3 is 0 Å². The molecule has 0 saturated carbocycles. The molecule has 2 aromatic rings. The predicted molar refractivity (Wildman–Crippen MR) is 113 cm³/mol. The van der Waals surface area contributed by atoms with Crippen LogP contribution in [0.25, 0.3) is 5.76 Å². The number of rotatable bonds is 7. The van der Waals surface area contributed by atoms with E-state index >= 15 is 0 Å². The molecule has 1 atom stereocenters. The van der Waals surface area contributed by atoms with Gasteiger partial charge in [0, 0.05) is 23.7 Å². The van der Waals surface area contributed by atoms with Gasteiger partial charge in [-0.25, -0.2) is 0 Å². The summed E-state index contributed by atoms with van der Waals surface area (Å²) in [6, 6.07) is 15.2. The highest BCUT2D eigenvalue weighted by Gasteiger charge is 2.45. The smallest absolute Gasteiger partial charge is 0.295 e. The van der Waals surface area contributed by atoms with Crippen LogP contribution in [0.2, 0.25) is 5.02 Å². The average molecular weight is 414 g/mol. The van der Waals surface area contributed by atoms with E-state index in [0.29, 0.717) is 30.2 Å². The Labute approximate surface area is 175 Å². The van der Waals surface area contributed by atoms with Crippen molar-refractivity contribution in [3.63, 3.8) is 0 Å². The molecule has 1 saturated heterocycles. The zero-order chi connectivity index (χ0) is 21.0. The van der Waals surface area contributed by atoms with Crippen LogP contribution < -0.4 is 0 Å². The van der Waals surface area contributed by atoms with Gasteiger partial charge < -0.3 is 14.7 Å². The first kappa shape index (κ1) is 21.1. The van der Waals surface area contributed by atoms with Gasteiger partial charge in [0.05, 0.1) is 17.7 Å². The van der Waals surface area contributed by atoms with E-state index < -0.39 is 17.7 Å². The first-order valence-corrected chi connectivity index (χ1v) is 9.99. The molecular weight excluding hydrogens is 390 g/mol. The van der Waals surface area contributed by atoms with E-state index in [-0.39, 0.29) is 17.4 Å². The lowest BCUT2D eigenvalue weighted by atomic mass is 9.95. The summed E-state index contributed by atoms with van der Waals surface area (Å²) in [4.78, 5) is 27.2. The minimum absolute atomic E-state index is 0.0771. The van der Waals surface area contributed by atoms with Gasteiger partial charge in [-0.2, -0.15) is 0 Å². The summed E-state index contributed by atoms with van der Waals surface area (Å²) >= 11 is 6.04. The Bertz CT molecular complexity index is 923. The molecule has 1 unspecified atom stereocenters. The fourth-order valence-electron chi connectivity index (χ4n) is 3.44. The van der Waals surface area contributed by atoms with Gasteiger partial charge in [-0.3, -0.25) is 9.59 Å². The van der Waals surface area contributed by atoms with Gasteiger partial charge in [-0.05, 0) is 38.0 Å². The van der Waals surface area contributed by atoms with Crippen LogP contribution in [-0.4, -0.2) is 41.0 Å². The Morgan fingerprint density at radius 2 is 1.86 bits per heavy atom. The second-order valence-electron chi connectivity index (χ2n) is 7.19. The fraction of sp³-hybridized carbons (Fsp3) is 0.304. The summed E-state index contributed by atoms with van der Waals surface area (Å²) in [5, 5.41) is 11.4. The van der Waals surface area contributed by atoms with Gasteiger partial charge in [-0.15, -0.1) is 0 Å². The number of halogens is 1. The molecule has 1 fully saturated rings. The number of ether oxygens (including phenoxy) is 1. The van der Waals surface area contributed by atoms with Crippen LogP contribution in [0.3, 0.4) is 0 Å². The van der Waals surface area contributed by atoms with Crippen molar-refractivity contribution in [2.45, 2.75) is 32.4 Å². The highest BCUT2D eigenvalue weighted by atomic mass is 35.5. The number of Topliss-reactive ketones (excluding diaryl/α,β-unsaturated/α-hetero) is 1. The van der Waals surface area contributed by atoms with E-state index in [9.17, 15) is 14.7 Å². The maximum atomic E-state index is 12.9. The Morgan fingerprint density at radius 3 is 2.52 bits per heavy atom. The molecule has 3 rings (SSSR count). The minimum Gasteiger partial charge on any atom is -0.507 e. The van der Waals surface area contributed by atoms with E-state index in [1.165, 1.54) is 4.90 Å². The van der Waals surface area contributed by atoms with Crippen LogP contribution in [0.5, 0.6) is 0 Å². The van der Waals surface area contributed by atoms with Crippen molar-refractivity contribution in [2.24, 2.45) is 0 Å². The first-order valence-electron chi connectivity index (χ1n) is 9.61. The Morgan fingerprint density at radius 1 is 1.14 bits per heavy atom. The van der Waals surface area contributed by atoms with Crippen molar-refractivity contribution in [1.82, 2.24) is 4.90 Å². The lowest BCUT2D eigenvalue weighted by Gasteiger charge is -2.25. The van der Waals surface area contributed by atoms with Crippen LogP contribution in [-0.2, 0) is 14.3 Å². The summed E-state index contributed by atoms with van der Waals surface area (Å²) in [6.45, 7) is 4.72. The number of hydrogen-bond donors (Lipinski definition) is 1. The zero-order valence-electron chi connectivity index (χ0n) is 16.5. The lowest BCUT2D eigenvalue weighted by molar-refractivity contribution is -0.140. The molecule has 5 nitrogen and oxygen atoms in total. The molecule has 0 radical (unpaired) electrons. The van der Waals surface area contributed by atoms with E-state index in [1.54, 1.807) is 24.3 Å². The fourth-order valence-corrected chi connectivity index (χ4v) is 3.63. The number of likely N-dealkylation sites (tertiary alicyclic amines) is 1. The molecule has 0 spiro atoms. The largest absolute Gasteiger partial charge is 0.507 e. The number of nitrogens with zero attached hydrogens (tertiary/aromatic N) is 1. The molecule has 0 bridgehead atoms. The summed E-state index contributed by atoms with van der Waals surface area (Å²) < 4.78 is 5.56. The van der Waals surface area contributed by atoms with Crippen molar-refractivity contribution in [3.05, 3.63) is 76.3 Å². The van der Waals surface area contributed by atoms with Crippen LogP contribution in [0, 0.1) is 0 Å². The van der Waals surface area contributed by atoms with Crippen LogP contribution >= 0.6 is 11.6 Å². The second-order valence-corrected chi connectivity index (χ2v) is 7.62. The van der Waals surface area contributed by atoms with Crippen molar-refractivity contribution in [2.75, 3.05) is 13.2 Å². The molecule has 1 aliphatic heterocycles. The molecule has 29 heavy (non-hydrogen) atoms. The van der Waals surface area contributed by atoms with E-state index in [2.05, 4.69) is 0 Å². The van der Waals surface area contributed by atoms with Gasteiger partial charge in [-0.1, -0.05) is 54.1 Å². The number of benzene rings is 2. The molecule has 152 valence electrons.